The standard InChI is InChI=1S/C21H20FN5O4S2/c1-20(22)15(28)13(10-30-18(29)12-7-5-4-6-8-12)31-21(20,11-23)14-9-24-16-17(32-2)25-19(33-3)26-27(14)16/h4-9,13,15,28H,10H2,1-3H3/t13-,15-,20-,21?/m1/s1. The van der Waals surface area contributed by atoms with Gasteiger partial charge in [0.15, 0.2) is 11.3 Å². The maximum atomic E-state index is 16.0. The van der Waals surface area contributed by atoms with Gasteiger partial charge in [-0.1, -0.05) is 30.0 Å². The average molecular weight is 490 g/mol. The topological polar surface area (TPSA) is 123 Å². The SMILES string of the molecule is CSc1nc(SC)c2ncc(C3(C#N)O[C@H](COC(=O)c4ccccc4)[C@@H](O)[C@@]3(C)F)n2n1. The molecular formula is C21H20FN5O4S2. The largest absolute Gasteiger partial charge is 0.459 e. The molecule has 0 bridgehead atoms. The summed E-state index contributed by atoms with van der Waals surface area (Å²) < 4.78 is 28.4. The molecule has 1 aliphatic heterocycles. The number of esters is 1. The smallest absolute Gasteiger partial charge is 0.338 e. The van der Waals surface area contributed by atoms with E-state index in [-0.39, 0.29) is 5.69 Å². The summed E-state index contributed by atoms with van der Waals surface area (Å²) in [6.45, 7) is 0.626. The van der Waals surface area contributed by atoms with E-state index in [1.54, 1.807) is 36.6 Å². The first kappa shape index (κ1) is 23.4. The van der Waals surface area contributed by atoms with Crippen molar-refractivity contribution in [3.63, 3.8) is 0 Å². The minimum absolute atomic E-state index is 0.00827. The van der Waals surface area contributed by atoms with Gasteiger partial charge in [-0.25, -0.2) is 23.7 Å². The molecule has 12 heteroatoms. The van der Waals surface area contributed by atoms with Crippen LogP contribution in [0.5, 0.6) is 0 Å². The number of imidazole rings is 1. The summed E-state index contributed by atoms with van der Waals surface area (Å²) in [4.78, 5) is 20.9. The van der Waals surface area contributed by atoms with Crippen LogP contribution in [0.25, 0.3) is 5.65 Å². The van der Waals surface area contributed by atoms with Crippen LogP contribution in [-0.2, 0) is 15.1 Å². The van der Waals surface area contributed by atoms with Gasteiger partial charge in [-0.2, -0.15) is 5.26 Å². The highest BCUT2D eigenvalue weighted by Gasteiger charge is 2.67. The van der Waals surface area contributed by atoms with Crippen molar-refractivity contribution in [2.45, 2.75) is 40.6 Å². The lowest BCUT2D eigenvalue weighted by atomic mass is 9.82. The van der Waals surface area contributed by atoms with Crippen molar-refractivity contribution >= 4 is 35.1 Å². The van der Waals surface area contributed by atoms with Crippen LogP contribution < -0.4 is 0 Å². The number of nitriles is 1. The lowest BCUT2D eigenvalue weighted by Gasteiger charge is -2.30. The Labute approximate surface area is 197 Å². The van der Waals surface area contributed by atoms with Gasteiger partial charge in [0, 0.05) is 0 Å². The average Bonchev–Trinajstić information content (AvgIpc) is 3.35. The Hall–Kier alpha value is -2.72. The molecule has 0 amide bonds. The summed E-state index contributed by atoms with van der Waals surface area (Å²) in [5.41, 5.74) is -4.18. The number of aliphatic hydroxyl groups excluding tert-OH is 1. The van der Waals surface area contributed by atoms with Gasteiger partial charge < -0.3 is 14.6 Å². The number of nitrogens with zero attached hydrogens (tertiary/aromatic N) is 5. The van der Waals surface area contributed by atoms with Crippen LogP contribution in [0.15, 0.2) is 46.7 Å². The number of thioether (sulfide) groups is 2. The summed E-state index contributed by atoms with van der Waals surface area (Å²) >= 11 is 2.60. The molecule has 0 saturated carbocycles. The van der Waals surface area contributed by atoms with Crippen molar-refractivity contribution in [1.82, 2.24) is 19.6 Å². The van der Waals surface area contributed by atoms with E-state index >= 15 is 4.39 Å². The van der Waals surface area contributed by atoms with Gasteiger partial charge in [-0.15, -0.1) is 16.9 Å². The molecule has 1 N–H and O–H groups in total. The van der Waals surface area contributed by atoms with E-state index in [1.807, 2.05) is 12.3 Å². The molecule has 2 aromatic heterocycles. The van der Waals surface area contributed by atoms with Crippen molar-refractivity contribution in [2.24, 2.45) is 0 Å². The molecule has 0 aliphatic carbocycles. The van der Waals surface area contributed by atoms with Gasteiger partial charge >= 0.3 is 5.97 Å². The van der Waals surface area contributed by atoms with Crippen molar-refractivity contribution in [3.05, 3.63) is 47.8 Å². The van der Waals surface area contributed by atoms with Gasteiger partial charge in [-0.05, 0) is 31.6 Å². The van der Waals surface area contributed by atoms with Crippen molar-refractivity contribution < 1.29 is 23.8 Å². The van der Waals surface area contributed by atoms with Crippen LogP contribution in [-0.4, -0.2) is 67.7 Å². The lowest BCUT2D eigenvalue weighted by molar-refractivity contribution is -0.0747. The van der Waals surface area contributed by atoms with Crippen LogP contribution in [0.4, 0.5) is 4.39 Å². The van der Waals surface area contributed by atoms with Gasteiger partial charge in [-0.3, -0.25) is 0 Å². The first-order chi connectivity index (χ1) is 15.8. The molecule has 1 fully saturated rings. The van der Waals surface area contributed by atoms with E-state index in [0.717, 1.165) is 6.92 Å². The summed E-state index contributed by atoms with van der Waals surface area (Å²) in [7, 11) is 0. The number of aromatic nitrogens is 4. The Morgan fingerprint density at radius 3 is 2.73 bits per heavy atom. The molecule has 0 radical (unpaired) electrons. The van der Waals surface area contributed by atoms with E-state index in [2.05, 4.69) is 15.1 Å². The molecule has 1 aromatic carbocycles. The third kappa shape index (κ3) is 3.74. The number of aliphatic hydroxyl groups is 1. The molecule has 9 nitrogen and oxygen atoms in total. The number of alkyl halides is 1. The minimum Gasteiger partial charge on any atom is -0.459 e. The fourth-order valence-corrected chi connectivity index (χ4v) is 4.61. The predicted molar refractivity (Wildman–Crippen MR) is 119 cm³/mol. The van der Waals surface area contributed by atoms with Gasteiger partial charge in [0.05, 0.1) is 11.8 Å². The molecule has 4 atom stereocenters. The number of ether oxygens (including phenoxy) is 2. The maximum Gasteiger partial charge on any atom is 0.338 e. The Morgan fingerprint density at radius 1 is 1.36 bits per heavy atom. The van der Waals surface area contributed by atoms with Crippen molar-refractivity contribution in [3.8, 4) is 6.07 Å². The van der Waals surface area contributed by atoms with Gasteiger partial charge in [0.1, 0.15) is 35.6 Å². The number of halogens is 1. The number of hydrogen-bond acceptors (Lipinski definition) is 10. The Balaban J connectivity index is 1.70. The molecule has 1 aliphatic rings. The zero-order valence-electron chi connectivity index (χ0n) is 17.9. The van der Waals surface area contributed by atoms with E-state index in [1.165, 1.54) is 34.2 Å². The molecule has 3 aromatic rings. The highest BCUT2D eigenvalue weighted by atomic mass is 32.2. The molecule has 4 rings (SSSR count). The second-order valence-corrected chi connectivity index (χ2v) is 8.99. The monoisotopic (exact) mass is 489 g/mol. The molecule has 3 heterocycles. The molecule has 0 spiro atoms. The zero-order chi connectivity index (χ0) is 23.8. The van der Waals surface area contributed by atoms with Crippen LogP contribution in [0.2, 0.25) is 0 Å². The number of carbonyl (C=O) groups is 1. The number of hydrogen-bond donors (Lipinski definition) is 1. The van der Waals surface area contributed by atoms with Crippen LogP contribution in [0, 0.1) is 11.3 Å². The Morgan fingerprint density at radius 2 is 2.09 bits per heavy atom. The summed E-state index contributed by atoms with van der Waals surface area (Å²) in [6.07, 6.45) is 1.84. The third-order valence-electron chi connectivity index (χ3n) is 5.52. The molecule has 172 valence electrons. The van der Waals surface area contributed by atoms with Crippen molar-refractivity contribution in [1.29, 1.82) is 5.26 Å². The molecule has 1 saturated heterocycles. The summed E-state index contributed by atoms with van der Waals surface area (Å²) in [5, 5.41) is 26.1. The highest BCUT2D eigenvalue weighted by molar-refractivity contribution is 7.99. The minimum atomic E-state index is -2.56. The normalized spacial score (nSPS) is 26.9. The summed E-state index contributed by atoms with van der Waals surface area (Å²) in [6, 6.07) is 10.1. The first-order valence-corrected chi connectivity index (χ1v) is 12.3. The fraction of sp³-hybridized carbons (Fsp3) is 0.381. The van der Waals surface area contributed by atoms with Crippen LogP contribution >= 0.6 is 23.5 Å². The zero-order valence-corrected chi connectivity index (χ0v) is 19.6. The summed E-state index contributed by atoms with van der Waals surface area (Å²) in [5.74, 6) is -0.654. The number of benzene rings is 1. The van der Waals surface area contributed by atoms with Crippen LogP contribution in [0.1, 0.15) is 23.0 Å². The second kappa shape index (κ2) is 8.90. The quantitative estimate of drug-likeness (QED) is 0.408. The molecule has 33 heavy (non-hydrogen) atoms. The molecule has 1 unspecified atom stereocenters. The molecular weight excluding hydrogens is 469 g/mol. The Kier molecular flexibility index (Phi) is 6.32. The Bertz CT molecular complexity index is 1230. The lowest BCUT2D eigenvalue weighted by Crippen LogP contribution is -2.48. The van der Waals surface area contributed by atoms with Crippen LogP contribution in [0.3, 0.4) is 0 Å². The van der Waals surface area contributed by atoms with E-state index < -0.39 is 36.1 Å². The highest BCUT2D eigenvalue weighted by Crippen LogP contribution is 2.49. The number of fused-ring (bicyclic) bond motifs is 1. The predicted octanol–water partition coefficient (Wildman–Crippen LogP) is 2.63. The van der Waals surface area contributed by atoms with Crippen molar-refractivity contribution in [2.75, 3.05) is 19.1 Å². The van der Waals surface area contributed by atoms with Gasteiger partial charge in [0.25, 0.3) is 0 Å². The number of rotatable bonds is 6. The maximum absolute atomic E-state index is 16.0. The second-order valence-electron chi connectivity index (χ2n) is 7.42. The van der Waals surface area contributed by atoms with E-state index in [0.29, 0.717) is 21.4 Å². The third-order valence-corrected chi connectivity index (χ3v) is 6.72. The van der Waals surface area contributed by atoms with E-state index in [9.17, 15) is 15.2 Å². The van der Waals surface area contributed by atoms with Gasteiger partial charge in [0.2, 0.25) is 10.8 Å². The number of carbonyl (C=O) groups excluding carboxylic acids is 1. The van der Waals surface area contributed by atoms with E-state index in [4.69, 9.17) is 9.47 Å². The fourth-order valence-electron chi connectivity index (χ4n) is 3.71. The first-order valence-electron chi connectivity index (χ1n) is 9.81.